The molecule has 2 aromatic rings. The van der Waals surface area contributed by atoms with Gasteiger partial charge in [0.05, 0.1) is 5.69 Å². The smallest absolute Gasteiger partial charge is 0.240 e. The maximum atomic E-state index is 12.0. The number of aromatic nitrogens is 1. The lowest BCUT2D eigenvalue weighted by molar-refractivity contribution is -0.122. The van der Waals surface area contributed by atoms with Crippen LogP contribution >= 0.6 is 0 Å². The fourth-order valence-electron chi connectivity index (χ4n) is 2.25. The molecule has 4 heteroatoms. The minimum atomic E-state index is -0.0742. The normalized spacial score (nSPS) is 11.9. The molecule has 0 unspecified atom stereocenters. The Kier molecular flexibility index (Phi) is 5.32. The first-order valence-corrected chi connectivity index (χ1v) is 7.12. The Labute approximate surface area is 124 Å². The van der Waals surface area contributed by atoms with Crippen LogP contribution in [-0.4, -0.2) is 22.8 Å². The first kappa shape index (κ1) is 15.0. The Hall–Kier alpha value is -2.36. The molecule has 0 aliphatic heterocycles. The summed E-state index contributed by atoms with van der Waals surface area (Å²) in [6.07, 6.45) is 4.32. The minimum absolute atomic E-state index is 0.0742. The number of carbonyl (C=O) groups excluding carboxylic acids is 2. The van der Waals surface area contributed by atoms with E-state index in [-0.39, 0.29) is 18.5 Å². The lowest BCUT2D eigenvalue weighted by Crippen LogP contribution is -2.35. The van der Waals surface area contributed by atoms with Crippen LogP contribution in [0.4, 0.5) is 0 Å². The molecule has 1 atom stereocenters. The Morgan fingerprint density at radius 2 is 2.00 bits per heavy atom. The fourth-order valence-corrected chi connectivity index (χ4v) is 2.25. The number of nitrogens with zero attached hydrogens (tertiary/aromatic N) is 1. The number of hydrogen-bond donors (Lipinski definition) is 1. The van der Waals surface area contributed by atoms with E-state index in [0.717, 1.165) is 19.1 Å². The maximum absolute atomic E-state index is 12.0. The Balaban J connectivity index is 1.78. The molecule has 1 amide bonds. The average Bonchev–Trinajstić information content (AvgIpc) is 2.93. The standard InChI is InChI=1S/C17H20N2O2/c1-14(9-10-15-6-3-2-4-7-15)18-17(21)12-19-11-5-8-16(19)13-20/h2-8,11,13-14H,9-10,12H2,1H3,(H,18,21)/t14-/m1/s1. The maximum Gasteiger partial charge on any atom is 0.240 e. The summed E-state index contributed by atoms with van der Waals surface area (Å²) in [7, 11) is 0. The first-order chi connectivity index (χ1) is 10.2. The molecule has 110 valence electrons. The van der Waals surface area contributed by atoms with Gasteiger partial charge in [0.1, 0.15) is 6.54 Å². The van der Waals surface area contributed by atoms with Crippen LogP contribution in [0.15, 0.2) is 48.7 Å². The zero-order valence-electron chi connectivity index (χ0n) is 12.2. The Morgan fingerprint density at radius 3 is 2.71 bits per heavy atom. The number of amides is 1. The van der Waals surface area contributed by atoms with E-state index in [0.29, 0.717) is 5.69 Å². The molecule has 4 nitrogen and oxygen atoms in total. The van der Waals surface area contributed by atoms with Crippen molar-refractivity contribution in [3.63, 3.8) is 0 Å². The van der Waals surface area contributed by atoms with Crippen LogP contribution in [0.5, 0.6) is 0 Å². The highest BCUT2D eigenvalue weighted by atomic mass is 16.2. The summed E-state index contributed by atoms with van der Waals surface area (Å²) < 4.78 is 1.65. The van der Waals surface area contributed by atoms with Gasteiger partial charge in [-0.15, -0.1) is 0 Å². The second-order valence-electron chi connectivity index (χ2n) is 5.17. The van der Waals surface area contributed by atoms with Crippen LogP contribution in [0.25, 0.3) is 0 Å². The zero-order valence-corrected chi connectivity index (χ0v) is 12.2. The Bertz CT molecular complexity index is 590. The highest BCUT2D eigenvalue weighted by Gasteiger charge is 2.09. The third-order valence-electron chi connectivity index (χ3n) is 3.42. The third kappa shape index (κ3) is 4.60. The molecule has 1 aromatic heterocycles. The minimum Gasteiger partial charge on any atom is -0.352 e. The van der Waals surface area contributed by atoms with Crippen molar-refractivity contribution in [1.82, 2.24) is 9.88 Å². The lowest BCUT2D eigenvalue weighted by Gasteiger charge is -2.14. The summed E-state index contributed by atoms with van der Waals surface area (Å²) in [5.74, 6) is -0.0742. The monoisotopic (exact) mass is 284 g/mol. The summed E-state index contributed by atoms with van der Waals surface area (Å²) in [5.41, 5.74) is 1.79. The molecule has 1 heterocycles. The predicted molar refractivity (Wildman–Crippen MR) is 82.2 cm³/mol. The quantitative estimate of drug-likeness (QED) is 0.794. The molecular weight excluding hydrogens is 264 g/mol. The number of benzene rings is 1. The van der Waals surface area contributed by atoms with E-state index in [1.807, 2.05) is 25.1 Å². The van der Waals surface area contributed by atoms with Gasteiger partial charge in [-0.2, -0.15) is 0 Å². The largest absolute Gasteiger partial charge is 0.352 e. The number of aldehydes is 1. The summed E-state index contributed by atoms with van der Waals surface area (Å²) >= 11 is 0. The van der Waals surface area contributed by atoms with Crippen molar-refractivity contribution in [2.24, 2.45) is 0 Å². The van der Waals surface area contributed by atoms with Crippen molar-refractivity contribution in [2.45, 2.75) is 32.4 Å². The second-order valence-corrected chi connectivity index (χ2v) is 5.17. The molecule has 0 saturated heterocycles. The molecular formula is C17H20N2O2. The summed E-state index contributed by atoms with van der Waals surface area (Å²) in [5, 5.41) is 2.96. The van der Waals surface area contributed by atoms with Crippen LogP contribution in [0.2, 0.25) is 0 Å². The van der Waals surface area contributed by atoms with Gasteiger partial charge >= 0.3 is 0 Å². The highest BCUT2D eigenvalue weighted by Crippen LogP contribution is 2.05. The van der Waals surface area contributed by atoms with E-state index >= 15 is 0 Å². The predicted octanol–water partition coefficient (Wildman–Crippen LogP) is 2.44. The molecule has 21 heavy (non-hydrogen) atoms. The first-order valence-electron chi connectivity index (χ1n) is 7.12. The molecule has 0 saturated carbocycles. The third-order valence-corrected chi connectivity index (χ3v) is 3.42. The van der Waals surface area contributed by atoms with Crippen LogP contribution in [0.1, 0.15) is 29.4 Å². The zero-order chi connectivity index (χ0) is 15.1. The second kappa shape index (κ2) is 7.43. The molecule has 1 aromatic carbocycles. The van der Waals surface area contributed by atoms with Crippen LogP contribution < -0.4 is 5.32 Å². The number of hydrogen-bond acceptors (Lipinski definition) is 2. The number of carbonyl (C=O) groups is 2. The topological polar surface area (TPSA) is 51.1 Å². The van der Waals surface area contributed by atoms with Crippen molar-refractivity contribution in [2.75, 3.05) is 0 Å². The van der Waals surface area contributed by atoms with E-state index in [4.69, 9.17) is 0 Å². The molecule has 2 rings (SSSR count). The van der Waals surface area contributed by atoms with Gasteiger partial charge in [-0.05, 0) is 37.5 Å². The van der Waals surface area contributed by atoms with Gasteiger partial charge in [-0.25, -0.2) is 0 Å². The molecule has 0 fully saturated rings. The van der Waals surface area contributed by atoms with Crippen LogP contribution in [-0.2, 0) is 17.8 Å². The SMILES string of the molecule is C[C@H](CCc1ccccc1)NC(=O)Cn1cccc1C=O. The Morgan fingerprint density at radius 1 is 1.24 bits per heavy atom. The van der Waals surface area contributed by atoms with Gasteiger partial charge in [-0.3, -0.25) is 9.59 Å². The van der Waals surface area contributed by atoms with E-state index in [2.05, 4.69) is 17.4 Å². The highest BCUT2D eigenvalue weighted by molar-refractivity contribution is 5.78. The van der Waals surface area contributed by atoms with Crippen molar-refractivity contribution in [3.05, 3.63) is 59.9 Å². The summed E-state index contributed by atoms with van der Waals surface area (Å²) in [4.78, 5) is 22.8. The van der Waals surface area contributed by atoms with E-state index in [9.17, 15) is 9.59 Å². The molecule has 0 radical (unpaired) electrons. The molecule has 0 spiro atoms. The van der Waals surface area contributed by atoms with Gasteiger partial charge in [0.2, 0.25) is 5.91 Å². The molecule has 0 bridgehead atoms. The van der Waals surface area contributed by atoms with Gasteiger partial charge in [-0.1, -0.05) is 30.3 Å². The van der Waals surface area contributed by atoms with Gasteiger partial charge < -0.3 is 9.88 Å². The summed E-state index contributed by atoms with van der Waals surface area (Å²) in [6.45, 7) is 2.17. The summed E-state index contributed by atoms with van der Waals surface area (Å²) in [6, 6.07) is 13.8. The van der Waals surface area contributed by atoms with Crippen molar-refractivity contribution < 1.29 is 9.59 Å². The van der Waals surface area contributed by atoms with E-state index in [1.165, 1.54) is 5.56 Å². The number of nitrogens with one attached hydrogen (secondary N) is 1. The average molecular weight is 284 g/mol. The number of aryl methyl sites for hydroxylation is 1. The van der Waals surface area contributed by atoms with Crippen molar-refractivity contribution in [3.8, 4) is 0 Å². The molecule has 0 aliphatic carbocycles. The van der Waals surface area contributed by atoms with Crippen LogP contribution in [0.3, 0.4) is 0 Å². The van der Waals surface area contributed by atoms with Crippen molar-refractivity contribution in [1.29, 1.82) is 0 Å². The molecule has 1 N–H and O–H groups in total. The van der Waals surface area contributed by atoms with Crippen LogP contribution in [0, 0.1) is 0 Å². The van der Waals surface area contributed by atoms with Crippen molar-refractivity contribution >= 4 is 12.2 Å². The van der Waals surface area contributed by atoms with E-state index < -0.39 is 0 Å². The van der Waals surface area contributed by atoms with Gasteiger partial charge in [0.15, 0.2) is 6.29 Å². The fraction of sp³-hybridized carbons (Fsp3) is 0.294. The number of rotatable bonds is 7. The molecule has 0 aliphatic rings. The lowest BCUT2D eigenvalue weighted by atomic mass is 10.1. The van der Waals surface area contributed by atoms with Gasteiger partial charge in [0.25, 0.3) is 0 Å². The van der Waals surface area contributed by atoms with E-state index in [1.54, 1.807) is 22.9 Å². The van der Waals surface area contributed by atoms with Gasteiger partial charge in [0, 0.05) is 12.2 Å².